The first-order valence-electron chi connectivity index (χ1n) is 5.08. The van der Waals surface area contributed by atoms with Crippen LogP contribution in [0.15, 0.2) is 24.3 Å². The highest BCUT2D eigenvalue weighted by Gasteiger charge is 2.15. The zero-order valence-corrected chi connectivity index (χ0v) is 9.91. The molecule has 0 aliphatic rings. The zero-order valence-electron chi connectivity index (χ0n) is 9.91. The Kier molecular flexibility index (Phi) is 4.46. The van der Waals surface area contributed by atoms with Gasteiger partial charge in [0.25, 0.3) is 0 Å². The fourth-order valence-corrected chi connectivity index (χ4v) is 1.01. The lowest BCUT2D eigenvalue weighted by Crippen LogP contribution is -2.09. The molecule has 0 bridgehead atoms. The van der Waals surface area contributed by atoms with Gasteiger partial charge in [0.1, 0.15) is 0 Å². The molecule has 13 heavy (non-hydrogen) atoms. The lowest BCUT2D eigenvalue weighted by Gasteiger charge is -2.23. The second-order valence-corrected chi connectivity index (χ2v) is 5.14. The topological polar surface area (TPSA) is 0 Å². The van der Waals surface area contributed by atoms with Crippen LogP contribution in [0.2, 0.25) is 0 Å². The van der Waals surface area contributed by atoms with E-state index in [-0.39, 0.29) is 5.41 Å². The van der Waals surface area contributed by atoms with E-state index in [1.165, 1.54) is 17.6 Å². The monoisotopic (exact) mass is 180 g/mol. The van der Waals surface area contributed by atoms with Gasteiger partial charge < -0.3 is 0 Å². The van der Waals surface area contributed by atoms with E-state index in [2.05, 4.69) is 47.8 Å². The van der Waals surface area contributed by atoms with E-state index in [1.54, 1.807) is 0 Å². The first-order valence-corrected chi connectivity index (χ1v) is 5.08. The van der Waals surface area contributed by atoms with Crippen LogP contribution in [0.4, 0.5) is 0 Å². The van der Waals surface area contributed by atoms with Gasteiger partial charge in [-0.25, -0.2) is 0 Å². The van der Waals surface area contributed by atoms with Gasteiger partial charge in [-0.1, -0.05) is 52.0 Å². The van der Waals surface area contributed by atoms with Crippen LogP contribution in [-0.4, -0.2) is 0 Å². The Morgan fingerprint density at radius 3 is 2.00 bits per heavy atom. The van der Waals surface area contributed by atoms with E-state index in [0.29, 0.717) is 5.92 Å². The minimum absolute atomic E-state index is 0.259. The van der Waals surface area contributed by atoms with Crippen molar-refractivity contribution in [1.82, 2.24) is 0 Å². The molecule has 0 amide bonds. The summed E-state index contributed by atoms with van der Waals surface area (Å²) in [6.07, 6.45) is 2.31. The molecule has 0 aromatic carbocycles. The third kappa shape index (κ3) is 4.92. The summed E-state index contributed by atoms with van der Waals surface area (Å²) >= 11 is 0. The van der Waals surface area contributed by atoms with Crippen LogP contribution in [0.25, 0.3) is 0 Å². The molecule has 0 heterocycles. The van der Waals surface area contributed by atoms with Crippen LogP contribution in [0, 0.1) is 11.3 Å². The Labute approximate surface area is 83.7 Å². The number of rotatable bonds is 4. The van der Waals surface area contributed by atoms with Crippen molar-refractivity contribution in [3.8, 4) is 0 Å². The molecule has 0 aliphatic carbocycles. The van der Waals surface area contributed by atoms with Crippen LogP contribution < -0.4 is 0 Å². The average molecular weight is 180 g/mol. The van der Waals surface area contributed by atoms with Gasteiger partial charge >= 0.3 is 0 Å². The van der Waals surface area contributed by atoms with E-state index in [1.807, 2.05) is 0 Å². The van der Waals surface area contributed by atoms with E-state index >= 15 is 0 Å². The van der Waals surface area contributed by atoms with Crippen molar-refractivity contribution in [3.05, 3.63) is 24.3 Å². The summed E-state index contributed by atoms with van der Waals surface area (Å²) in [7, 11) is 0. The first-order chi connectivity index (χ1) is 5.75. The molecule has 0 rings (SSSR count). The van der Waals surface area contributed by atoms with Crippen molar-refractivity contribution in [3.63, 3.8) is 0 Å². The molecule has 0 nitrogen and oxygen atoms in total. The second kappa shape index (κ2) is 4.64. The molecule has 0 radical (unpaired) electrons. The molecular formula is C13H24. The predicted octanol–water partition coefficient (Wildman–Crippen LogP) is 4.58. The van der Waals surface area contributed by atoms with Crippen LogP contribution >= 0.6 is 0 Å². The van der Waals surface area contributed by atoms with Gasteiger partial charge in [-0.05, 0) is 31.1 Å². The largest absolute Gasteiger partial charge is 0.0999 e. The normalized spacial score (nSPS) is 13.9. The molecule has 0 heteroatoms. The molecule has 76 valence electrons. The van der Waals surface area contributed by atoms with Crippen LogP contribution in [-0.2, 0) is 0 Å². The van der Waals surface area contributed by atoms with Crippen molar-refractivity contribution in [1.29, 1.82) is 0 Å². The third-order valence-electron chi connectivity index (χ3n) is 2.78. The smallest absolute Gasteiger partial charge is 0.0176 e. The van der Waals surface area contributed by atoms with E-state index < -0.39 is 0 Å². The maximum Gasteiger partial charge on any atom is -0.0176 e. The van der Waals surface area contributed by atoms with E-state index in [9.17, 15) is 0 Å². The predicted molar refractivity (Wildman–Crippen MR) is 61.8 cm³/mol. The fraction of sp³-hybridized carbons (Fsp3) is 0.692. The Bertz CT molecular complexity index is 191. The average Bonchev–Trinajstić information content (AvgIpc) is 1.97. The minimum Gasteiger partial charge on any atom is -0.0999 e. The zero-order chi connectivity index (χ0) is 10.6. The first kappa shape index (κ1) is 12.5. The molecule has 0 spiro atoms. The minimum atomic E-state index is 0.259. The quantitative estimate of drug-likeness (QED) is 0.555. The summed E-state index contributed by atoms with van der Waals surface area (Å²) < 4.78 is 0. The Morgan fingerprint density at radius 1 is 1.23 bits per heavy atom. The molecule has 0 fully saturated rings. The molecule has 1 atom stereocenters. The molecule has 0 aliphatic heterocycles. The van der Waals surface area contributed by atoms with Crippen molar-refractivity contribution in [2.75, 3.05) is 0 Å². The van der Waals surface area contributed by atoms with Crippen molar-refractivity contribution in [2.24, 2.45) is 11.3 Å². The lowest BCUT2D eigenvalue weighted by atomic mass is 9.83. The highest BCUT2D eigenvalue weighted by Crippen LogP contribution is 2.29. The van der Waals surface area contributed by atoms with Gasteiger partial charge in [-0.15, -0.1) is 0 Å². The highest BCUT2D eigenvalue weighted by molar-refractivity contribution is 5.06. The van der Waals surface area contributed by atoms with E-state index in [4.69, 9.17) is 0 Å². The summed E-state index contributed by atoms with van der Waals surface area (Å²) in [6, 6.07) is 0. The maximum absolute atomic E-state index is 4.13. The van der Waals surface area contributed by atoms with Crippen LogP contribution in [0.1, 0.15) is 47.5 Å². The fourth-order valence-electron chi connectivity index (χ4n) is 1.01. The summed E-state index contributed by atoms with van der Waals surface area (Å²) in [6.45, 7) is 19.1. The van der Waals surface area contributed by atoms with Crippen molar-refractivity contribution in [2.45, 2.75) is 47.5 Å². The summed E-state index contributed by atoms with van der Waals surface area (Å²) in [4.78, 5) is 0. The molecule has 0 saturated carbocycles. The standard InChI is InChI=1S/C13H24/c1-10(2)11(3)8-9-12(4)13(5,6)7/h11H,1,4,8-9H2,2-3,5-7H3. The van der Waals surface area contributed by atoms with Crippen molar-refractivity contribution < 1.29 is 0 Å². The lowest BCUT2D eigenvalue weighted by molar-refractivity contribution is 0.464. The summed E-state index contributed by atoms with van der Waals surface area (Å²) in [5.74, 6) is 0.624. The van der Waals surface area contributed by atoms with Gasteiger partial charge in [-0.3, -0.25) is 0 Å². The highest BCUT2D eigenvalue weighted by atomic mass is 14.2. The SMILES string of the molecule is C=C(C)C(C)CCC(=C)C(C)(C)C. The Hall–Kier alpha value is -0.520. The molecule has 0 aromatic rings. The molecule has 0 saturated heterocycles. The number of hydrogen-bond donors (Lipinski definition) is 0. The molecular weight excluding hydrogens is 156 g/mol. The Morgan fingerprint density at radius 2 is 1.69 bits per heavy atom. The summed E-state index contributed by atoms with van der Waals surface area (Å²) in [5.41, 5.74) is 2.89. The van der Waals surface area contributed by atoms with Crippen molar-refractivity contribution >= 4 is 0 Å². The van der Waals surface area contributed by atoms with Gasteiger partial charge in [0.2, 0.25) is 0 Å². The third-order valence-corrected chi connectivity index (χ3v) is 2.78. The molecule has 0 aromatic heterocycles. The summed E-state index contributed by atoms with van der Waals surface area (Å²) in [5, 5.41) is 0. The van der Waals surface area contributed by atoms with Crippen LogP contribution in [0.3, 0.4) is 0 Å². The van der Waals surface area contributed by atoms with Crippen LogP contribution in [0.5, 0.6) is 0 Å². The van der Waals surface area contributed by atoms with Gasteiger partial charge in [0, 0.05) is 0 Å². The Balaban J connectivity index is 3.91. The van der Waals surface area contributed by atoms with Gasteiger partial charge in [0.05, 0.1) is 0 Å². The number of hydrogen-bond acceptors (Lipinski definition) is 0. The van der Waals surface area contributed by atoms with Gasteiger partial charge in [-0.2, -0.15) is 0 Å². The van der Waals surface area contributed by atoms with Gasteiger partial charge in [0.15, 0.2) is 0 Å². The second-order valence-electron chi connectivity index (χ2n) is 5.14. The number of allylic oxidation sites excluding steroid dienone is 2. The molecule has 1 unspecified atom stereocenters. The van der Waals surface area contributed by atoms with E-state index in [0.717, 1.165) is 6.42 Å². The molecule has 0 N–H and O–H groups in total. The maximum atomic E-state index is 4.13.